The molecule has 9 heteroatoms. The van der Waals surface area contributed by atoms with Gasteiger partial charge in [-0.25, -0.2) is 0 Å². The molecule has 5 rings (SSSR count). The lowest BCUT2D eigenvalue weighted by atomic mass is 10.1. The van der Waals surface area contributed by atoms with Crippen LogP contribution in [0.2, 0.25) is 10.0 Å². The van der Waals surface area contributed by atoms with Gasteiger partial charge in [0.1, 0.15) is 11.9 Å². The number of benzene rings is 1. The Morgan fingerprint density at radius 1 is 1.11 bits per heavy atom. The van der Waals surface area contributed by atoms with Crippen molar-refractivity contribution in [3.05, 3.63) is 81.5 Å². The standard InChI is InChI=1S/C27H27Cl2N5O2/c1-17(27-23(28)15-30-16-24(27)29)36-21-5-7-26-22(12-21)25(33-34-26)6-3-18-2-4-20(31-13-18)14-32-19-8-10-35-11-9-19/h2-7,12-13,15-17,19,32H,8-11,14H2,1H3,(H,33,34)/b6-3+/t17-/m1/s1. The molecule has 0 amide bonds. The van der Waals surface area contributed by atoms with Crippen molar-refractivity contribution in [2.75, 3.05) is 13.2 Å². The molecule has 1 atom stereocenters. The fraction of sp³-hybridized carbons (Fsp3) is 0.296. The van der Waals surface area contributed by atoms with E-state index >= 15 is 0 Å². The van der Waals surface area contributed by atoms with E-state index in [4.69, 9.17) is 32.7 Å². The van der Waals surface area contributed by atoms with E-state index in [0.29, 0.717) is 27.4 Å². The van der Waals surface area contributed by atoms with E-state index in [0.717, 1.165) is 60.5 Å². The minimum Gasteiger partial charge on any atom is -0.486 e. The van der Waals surface area contributed by atoms with Crippen molar-refractivity contribution in [3.8, 4) is 5.75 Å². The molecule has 36 heavy (non-hydrogen) atoms. The molecule has 0 saturated carbocycles. The Balaban J connectivity index is 1.26. The Labute approximate surface area is 219 Å². The van der Waals surface area contributed by atoms with Gasteiger partial charge in [-0.2, -0.15) is 5.10 Å². The molecule has 7 nitrogen and oxygen atoms in total. The molecule has 1 saturated heterocycles. The summed E-state index contributed by atoms with van der Waals surface area (Å²) in [5.41, 5.74) is 4.47. The summed E-state index contributed by atoms with van der Waals surface area (Å²) in [5.74, 6) is 0.693. The van der Waals surface area contributed by atoms with Gasteiger partial charge < -0.3 is 14.8 Å². The first-order valence-corrected chi connectivity index (χ1v) is 12.7. The predicted octanol–water partition coefficient (Wildman–Crippen LogP) is 6.24. The molecular formula is C27H27Cl2N5O2. The number of rotatable bonds is 8. The highest BCUT2D eigenvalue weighted by molar-refractivity contribution is 6.35. The van der Waals surface area contributed by atoms with Crippen LogP contribution in [0.15, 0.2) is 48.9 Å². The summed E-state index contributed by atoms with van der Waals surface area (Å²) in [4.78, 5) is 8.60. The smallest absolute Gasteiger partial charge is 0.124 e. The third kappa shape index (κ3) is 5.87. The molecule has 1 aliphatic heterocycles. The van der Waals surface area contributed by atoms with E-state index < -0.39 is 0 Å². The molecular weight excluding hydrogens is 497 g/mol. The molecule has 0 aliphatic carbocycles. The lowest BCUT2D eigenvalue weighted by Gasteiger charge is -2.22. The molecule has 186 valence electrons. The predicted molar refractivity (Wildman–Crippen MR) is 143 cm³/mol. The summed E-state index contributed by atoms with van der Waals surface area (Å²) in [5, 5.41) is 13.0. The second-order valence-electron chi connectivity index (χ2n) is 8.78. The van der Waals surface area contributed by atoms with Crippen molar-refractivity contribution in [3.63, 3.8) is 0 Å². The maximum Gasteiger partial charge on any atom is 0.124 e. The van der Waals surface area contributed by atoms with Gasteiger partial charge >= 0.3 is 0 Å². The van der Waals surface area contributed by atoms with Gasteiger partial charge in [-0.1, -0.05) is 35.3 Å². The molecule has 4 aromatic rings. The topological polar surface area (TPSA) is 85.0 Å². The van der Waals surface area contributed by atoms with Crippen LogP contribution in [-0.2, 0) is 11.3 Å². The van der Waals surface area contributed by atoms with Gasteiger partial charge in [-0.15, -0.1) is 0 Å². The maximum atomic E-state index is 6.29. The van der Waals surface area contributed by atoms with E-state index in [-0.39, 0.29) is 6.10 Å². The van der Waals surface area contributed by atoms with Crippen LogP contribution in [0.25, 0.3) is 23.1 Å². The minimum atomic E-state index is -0.345. The van der Waals surface area contributed by atoms with Crippen molar-refractivity contribution in [2.24, 2.45) is 0 Å². The largest absolute Gasteiger partial charge is 0.486 e. The highest BCUT2D eigenvalue weighted by Crippen LogP contribution is 2.33. The van der Waals surface area contributed by atoms with Gasteiger partial charge in [0, 0.05) is 55.3 Å². The third-order valence-corrected chi connectivity index (χ3v) is 6.85. The van der Waals surface area contributed by atoms with Crippen LogP contribution < -0.4 is 10.1 Å². The SMILES string of the molecule is C[C@@H](Oc1ccc2[nH]nc(/C=C/c3ccc(CNC4CCOCC4)nc3)c2c1)c1c(Cl)cncc1Cl. The summed E-state index contributed by atoms with van der Waals surface area (Å²) in [6.07, 6.45) is 10.7. The Morgan fingerprint density at radius 3 is 2.67 bits per heavy atom. The number of hydrogen-bond donors (Lipinski definition) is 2. The van der Waals surface area contributed by atoms with Gasteiger partial charge in [0.25, 0.3) is 0 Å². The van der Waals surface area contributed by atoms with E-state index in [9.17, 15) is 0 Å². The van der Waals surface area contributed by atoms with E-state index in [1.165, 1.54) is 0 Å². The van der Waals surface area contributed by atoms with E-state index in [1.807, 2.05) is 43.5 Å². The second kappa shape index (κ2) is 11.4. The van der Waals surface area contributed by atoms with Crippen molar-refractivity contribution in [1.82, 2.24) is 25.5 Å². The van der Waals surface area contributed by atoms with Crippen LogP contribution in [-0.4, -0.2) is 39.4 Å². The zero-order chi connectivity index (χ0) is 24.9. The zero-order valence-corrected chi connectivity index (χ0v) is 21.4. The van der Waals surface area contributed by atoms with Crippen LogP contribution in [0.3, 0.4) is 0 Å². The highest BCUT2D eigenvalue weighted by Gasteiger charge is 2.17. The van der Waals surface area contributed by atoms with Crippen molar-refractivity contribution in [2.45, 2.75) is 38.5 Å². The molecule has 3 aromatic heterocycles. The number of nitrogens with one attached hydrogen (secondary N) is 2. The number of halogens is 2. The molecule has 0 radical (unpaired) electrons. The Bertz CT molecular complexity index is 1330. The van der Waals surface area contributed by atoms with Crippen LogP contribution in [0.5, 0.6) is 5.75 Å². The minimum absolute atomic E-state index is 0.345. The van der Waals surface area contributed by atoms with E-state index in [1.54, 1.807) is 12.4 Å². The lowest BCUT2D eigenvalue weighted by Crippen LogP contribution is -2.34. The molecule has 0 spiro atoms. The first-order chi connectivity index (χ1) is 17.6. The first kappa shape index (κ1) is 24.7. The van der Waals surface area contributed by atoms with Gasteiger partial charge in [0.05, 0.1) is 26.9 Å². The molecule has 2 N–H and O–H groups in total. The number of aromatic nitrogens is 4. The molecule has 1 aromatic carbocycles. The number of fused-ring (bicyclic) bond motifs is 1. The van der Waals surface area contributed by atoms with Crippen LogP contribution in [0, 0.1) is 0 Å². The Hall–Kier alpha value is -2.97. The lowest BCUT2D eigenvalue weighted by molar-refractivity contribution is 0.0775. The monoisotopic (exact) mass is 523 g/mol. The molecule has 4 heterocycles. The number of nitrogens with zero attached hydrogens (tertiary/aromatic N) is 3. The van der Waals surface area contributed by atoms with Crippen molar-refractivity contribution in [1.29, 1.82) is 0 Å². The molecule has 1 fully saturated rings. The molecule has 1 aliphatic rings. The number of ether oxygens (including phenoxy) is 2. The Kier molecular flexibility index (Phi) is 7.82. The average molecular weight is 524 g/mol. The van der Waals surface area contributed by atoms with Gasteiger partial charge in [-0.05, 0) is 55.7 Å². The average Bonchev–Trinajstić information content (AvgIpc) is 3.29. The number of hydrogen-bond acceptors (Lipinski definition) is 6. The highest BCUT2D eigenvalue weighted by atomic mass is 35.5. The Morgan fingerprint density at radius 2 is 1.92 bits per heavy atom. The summed E-state index contributed by atoms with van der Waals surface area (Å²) in [6.45, 7) is 4.33. The number of pyridine rings is 2. The number of H-pyrrole nitrogens is 1. The second-order valence-corrected chi connectivity index (χ2v) is 9.59. The van der Waals surface area contributed by atoms with Gasteiger partial charge in [0.2, 0.25) is 0 Å². The summed E-state index contributed by atoms with van der Waals surface area (Å²) in [6, 6.07) is 10.4. The van der Waals surface area contributed by atoms with Crippen LogP contribution in [0.1, 0.15) is 48.4 Å². The first-order valence-electron chi connectivity index (χ1n) is 11.9. The van der Waals surface area contributed by atoms with Gasteiger partial charge in [-0.3, -0.25) is 15.1 Å². The molecule has 0 unspecified atom stereocenters. The van der Waals surface area contributed by atoms with E-state index in [2.05, 4.69) is 37.6 Å². The summed E-state index contributed by atoms with van der Waals surface area (Å²) >= 11 is 12.6. The fourth-order valence-electron chi connectivity index (χ4n) is 4.25. The maximum absolute atomic E-state index is 6.29. The van der Waals surface area contributed by atoms with Crippen LogP contribution >= 0.6 is 23.2 Å². The summed E-state index contributed by atoms with van der Waals surface area (Å²) < 4.78 is 11.6. The third-order valence-electron chi connectivity index (χ3n) is 6.25. The van der Waals surface area contributed by atoms with Crippen LogP contribution in [0.4, 0.5) is 0 Å². The normalized spacial score (nSPS) is 15.5. The van der Waals surface area contributed by atoms with Crippen molar-refractivity contribution < 1.29 is 9.47 Å². The zero-order valence-electron chi connectivity index (χ0n) is 19.9. The quantitative estimate of drug-likeness (QED) is 0.284. The summed E-state index contributed by atoms with van der Waals surface area (Å²) in [7, 11) is 0. The van der Waals surface area contributed by atoms with Crippen molar-refractivity contribution >= 4 is 46.3 Å². The number of aromatic amines is 1. The van der Waals surface area contributed by atoms with Gasteiger partial charge in [0.15, 0.2) is 0 Å². The molecule has 0 bridgehead atoms. The fourth-order valence-corrected chi connectivity index (χ4v) is 4.92.